The molecule has 0 aromatic heterocycles. The van der Waals surface area contributed by atoms with Gasteiger partial charge in [0.1, 0.15) is 0 Å². The first-order valence-corrected chi connectivity index (χ1v) is 7.53. The summed E-state index contributed by atoms with van der Waals surface area (Å²) in [5.41, 5.74) is 14.8. The van der Waals surface area contributed by atoms with E-state index in [2.05, 4.69) is 14.7 Å². The Labute approximate surface area is 137 Å². The van der Waals surface area contributed by atoms with Gasteiger partial charge in [0.25, 0.3) is 0 Å². The molecule has 0 aliphatic rings. The summed E-state index contributed by atoms with van der Waals surface area (Å²) in [7, 11) is 0. The maximum Gasteiger partial charge on any atom is 0.187 e. The van der Waals surface area contributed by atoms with E-state index in [9.17, 15) is 0 Å². The van der Waals surface area contributed by atoms with Crippen molar-refractivity contribution in [2.75, 3.05) is 31.1 Å². The number of hydrogen-bond donors (Lipinski definition) is 2. The Hall–Kier alpha value is -2.68. The maximum absolute atomic E-state index is 6.94. The van der Waals surface area contributed by atoms with Gasteiger partial charge in [0.2, 0.25) is 0 Å². The predicted molar refractivity (Wildman–Crippen MR) is 96.7 cm³/mol. The van der Waals surface area contributed by atoms with Crippen molar-refractivity contribution in [2.45, 2.75) is 0 Å². The topological polar surface area (TPSA) is 72.0 Å². The van der Waals surface area contributed by atoms with Crippen LogP contribution in [-0.4, -0.2) is 32.4 Å². The molecule has 2 aromatic carbocycles. The summed E-state index contributed by atoms with van der Waals surface area (Å²) in [6, 6.07) is 15.3. The molecular formula is C18H21N5. The largest absolute Gasteiger partial charge is 0.369 e. The van der Waals surface area contributed by atoms with E-state index in [-0.39, 0.29) is 0 Å². The molecule has 0 unspecified atom stereocenters. The van der Waals surface area contributed by atoms with Crippen LogP contribution in [0.4, 0.5) is 17.1 Å². The van der Waals surface area contributed by atoms with Gasteiger partial charge in [-0.15, -0.1) is 0 Å². The minimum absolute atomic E-state index is 0.598. The summed E-state index contributed by atoms with van der Waals surface area (Å²) in [5, 5.41) is 0. The summed E-state index contributed by atoms with van der Waals surface area (Å²) in [5.74, 6) is 0. The van der Waals surface area contributed by atoms with Crippen molar-refractivity contribution < 1.29 is 0 Å². The van der Waals surface area contributed by atoms with Crippen molar-refractivity contribution in [3.05, 3.63) is 65.5 Å². The van der Waals surface area contributed by atoms with E-state index in [1.807, 2.05) is 36.4 Å². The Morgan fingerprint density at radius 1 is 0.957 bits per heavy atom. The van der Waals surface area contributed by atoms with Gasteiger partial charge in [0, 0.05) is 38.1 Å². The van der Waals surface area contributed by atoms with Crippen LogP contribution in [0.2, 0.25) is 0 Å². The summed E-state index contributed by atoms with van der Waals surface area (Å²) in [6.07, 6.45) is 1.79. The number of aliphatic imine (C=N–C) groups is 1. The highest BCUT2D eigenvalue weighted by molar-refractivity contribution is 5.82. The highest BCUT2D eigenvalue weighted by Crippen LogP contribution is 2.20. The molecule has 0 radical (unpaired) electrons. The zero-order chi connectivity index (χ0) is 16.5. The lowest BCUT2D eigenvalue weighted by Gasteiger charge is -2.23. The first-order valence-electron chi connectivity index (χ1n) is 7.53. The Morgan fingerprint density at radius 3 is 2.09 bits per heavy atom. The van der Waals surface area contributed by atoms with Gasteiger partial charge in [-0.3, -0.25) is 4.99 Å². The fourth-order valence-electron chi connectivity index (χ4n) is 2.22. The molecule has 0 heterocycles. The third-order valence-electron chi connectivity index (χ3n) is 3.40. The molecule has 0 amide bonds. The van der Waals surface area contributed by atoms with E-state index in [1.165, 1.54) is 0 Å². The molecule has 4 N–H and O–H groups in total. The fourth-order valence-corrected chi connectivity index (χ4v) is 2.22. The van der Waals surface area contributed by atoms with Crippen LogP contribution in [-0.2, 0) is 0 Å². The van der Waals surface area contributed by atoms with Crippen LogP contribution in [0.1, 0.15) is 5.56 Å². The van der Waals surface area contributed by atoms with Crippen LogP contribution < -0.4 is 16.4 Å². The number of rotatable bonds is 7. The molecule has 5 heteroatoms. The van der Waals surface area contributed by atoms with Gasteiger partial charge in [0.05, 0.1) is 12.3 Å². The smallest absolute Gasteiger partial charge is 0.187 e. The number of nitrogens with zero attached hydrogens (tertiary/aromatic N) is 3. The molecule has 23 heavy (non-hydrogen) atoms. The predicted octanol–water partition coefficient (Wildman–Crippen LogP) is 2.71. The van der Waals surface area contributed by atoms with Crippen molar-refractivity contribution >= 4 is 23.3 Å². The van der Waals surface area contributed by atoms with Crippen LogP contribution >= 0.6 is 0 Å². The van der Waals surface area contributed by atoms with E-state index >= 15 is 0 Å². The van der Waals surface area contributed by atoms with Gasteiger partial charge in [0.15, 0.2) is 5.69 Å². The zero-order valence-electron chi connectivity index (χ0n) is 13.0. The highest BCUT2D eigenvalue weighted by atomic mass is 15.1. The number of anilines is 1. The Kier molecular flexibility index (Phi) is 6.30. The van der Waals surface area contributed by atoms with E-state index in [4.69, 9.17) is 18.0 Å². The summed E-state index contributed by atoms with van der Waals surface area (Å²) >= 11 is 0. The average molecular weight is 307 g/mol. The van der Waals surface area contributed by atoms with Gasteiger partial charge >= 0.3 is 0 Å². The number of nitrogens with two attached hydrogens (primary N) is 2. The van der Waals surface area contributed by atoms with E-state index in [0.717, 1.165) is 30.0 Å². The van der Waals surface area contributed by atoms with Crippen molar-refractivity contribution in [3.8, 4) is 0 Å². The lowest BCUT2D eigenvalue weighted by molar-refractivity contribution is 0.782. The summed E-state index contributed by atoms with van der Waals surface area (Å²) < 4.78 is 0. The van der Waals surface area contributed by atoms with Crippen LogP contribution in [0.3, 0.4) is 0 Å². The third kappa shape index (κ3) is 4.92. The molecule has 0 aliphatic heterocycles. The lowest BCUT2D eigenvalue weighted by atomic mass is 10.2. The summed E-state index contributed by atoms with van der Waals surface area (Å²) in [4.78, 5) is 9.99. The molecule has 0 fully saturated rings. The molecule has 0 saturated heterocycles. The normalized spacial score (nSPS) is 10.7. The van der Waals surface area contributed by atoms with Gasteiger partial charge in [-0.2, -0.15) is 0 Å². The minimum atomic E-state index is 0.598. The molecule has 0 aliphatic carbocycles. The molecule has 0 spiro atoms. The van der Waals surface area contributed by atoms with Crippen molar-refractivity contribution in [1.82, 2.24) is 0 Å². The molecule has 118 valence electrons. The second kappa shape index (κ2) is 8.69. The Balaban J connectivity index is 2.06. The number of benzene rings is 2. The molecule has 0 saturated carbocycles. The van der Waals surface area contributed by atoms with Gasteiger partial charge in [-0.1, -0.05) is 24.3 Å². The zero-order valence-corrected chi connectivity index (χ0v) is 13.0. The average Bonchev–Trinajstić information content (AvgIpc) is 2.61. The van der Waals surface area contributed by atoms with Gasteiger partial charge in [-0.05, 0) is 29.8 Å². The van der Waals surface area contributed by atoms with Crippen LogP contribution in [0.15, 0.2) is 53.5 Å². The molecular weight excluding hydrogens is 286 g/mol. The Morgan fingerprint density at radius 2 is 1.57 bits per heavy atom. The van der Waals surface area contributed by atoms with Crippen LogP contribution in [0, 0.1) is 6.57 Å². The van der Waals surface area contributed by atoms with E-state index < -0.39 is 0 Å². The Bertz CT molecular complexity index is 662. The first-order chi connectivity index (χ1) is 11.3. The maximum atomic E-state index is 6.94. The van der Waals surface area contributed by atoms with Crippen LogP contribution in [0.25, 0.3) is 4.85 Å². The first kappa shape index (κ1) is 16.7. The van der Waals surface area contributed by atoms with Gasteiger partial charge in [-0.25, -0.2) is 4.85 Å². The van der Waals surface area contributed by atoms with Crippen molar-refractivity contribution in [1.29, 1.82) is 0 Å². The van der Waals surface area contributed by atoms with E-state index in [0.29, 0.717) is 18.8 Å². The third-order valence-corrected chi connectivity index (χ3v) is 3.40. The lowest BCUT2D eigenvalue weighted by Crippen LogP contribution is -2.33. The second-order valence-corrected chi connectivity index (χ2v) is 5.04. The van der Waals surface area contributed by atoms with E-state index in [1.54, 1.807) is 18.3 Å². The molecule has 0 atom stereocenters. The standard InChI is InChI=1S/C18H21N5/c1-21-16-4-2-15(3-5-16)14-22-17-6-8-18(9-7-17)23(12-10-19)13-11-20/h2-9,14H,10-13,19-20H2. The SMILES string of the molecule is [C-]#[N+]c1ccc(C=Nc2ccc(N(CCN)CCN)cc2)cc1. The van der Waals surface area contributed by atoms with Crippen molar-refractivity contribution in [3.63, 3.8) is 0 Å². The van der Waals surface area contributed by atoms with Gasteiger partial charge < -0.3 is 16.4 Å². The monoisotopic (exact) mass is 307 g/mol. The molecule has 2 aromatic rings. The molecule has 2 rings (SSSR count). The quantitative estimate of drug-likeness (QED) is 0.610. The van der Waals surface area contributed by atoms with Crippen LogP contribution in [0.5, 0.6) is 0 Å². The number of hydrogen-bond acceptors (Lipinski definition) is 4. The van der Waals surface area contributed by atoms with Crippen molar-refractivity contribution in [2.24, 2.45) is 16.5 Å². The molecule has 0 bridgehead atoms. The minimum Gasteiger partial charge on any atom is -0.369 e. The molecule has 5 nitrogen and oxygen atoms in total. The second-order valence-electron chi connectivity index (χ2n) is 5.04. The fraction of sp³-hybridized carbons (Fsp3) is 0.222. The highest BCUT2D eigenvalue weighted by Gasteiger charge is 2.04. The summed E-state index contributed by atoms with van der Waals surface area (Å²) in [6.45, 7) is 9.70.